The molecule has 3 aliphatic rings. The predicted octanol–water partition coefficient (Wildman–Crippen LogP) is 4.74. The third-order valence-electron chi connectivity index (χ3n) is 6.14. The molecule has 0 aromatic rings. The van der Waals surface area contributed by atoms with Crippen LogP contribution in [0.15, 0.2) is 0 Å². The van der Waals surface area contributed by atoms with E-state index < -0.39 is 5.92 Å². The normalized spacial score (nSPS) is 49.6. The molecule has 0 nitrogen and oxygen atoms in total. The Morgan fingerprint density at radius 3 is 2.06 bits per heavy atom. The zero-order valence-corrected chi connectivity index (χ0v) is 11.2. The van der Waals surface area contributed by atoms with Crippen molar-refractivity contribution in [2.24, 2.45) is 35.0 Å². The van der Waals surface area contributed by atoms with Crippen molar-refractivity contribution in [2.45, 2.75) is 58.8 Å². The van der Waals surface area contributed by atoms with Gasteiger partial charge in [-0.05, 0) is 48.3 Å². The van der Waals surface area contributed by atoms with Crippen LogP contribution in [0.4, 0.5) is 8.78 Å². The fraction of sp³-hybridized carbons (Fsp3) is 1.00. The van der Waals surface area contributed by atoms with Crippen LogP contribution in [0.1, 0.15) is 52.9 Å². The second-order valence-electron chi connectivity index (χ2n) is 7.48. The molecule has 3 saturated carbocycles. The van der Waals surface area contributed by atoms with Crippen LogP contribution in [-0.2, 0) is 0 Å². The van der Waals surface area contributed by atoms with Gasteiger partial charge >= 0.3 is 0 Å². The average Bonchev–Trinajstić information content (AvgIpc) is 2.98. The Morgan fingerprint density at radius 2 is 1.65 bits per heavy atom. The average molecular weight is 242 g/mol. The van der Waals surface area contributed by atoms with Gasteiger partial charge in [0.05, 0.1) is 0 Å². The van der Waals surface area contributed by atoms with E-state index in [4.69, 9.17) is 0 Å². The molecule has 0 radical (unpaired) electrons. The lowest BCUT2D eigenvalue weighted by Crippen LogP contribution is -2.23. The van der Waals surface area contributed by atoms with E-state index in [2.05, 4.69) is 20.8 Å². The Morgan fingerprint density at radius 1 is 1.06 bits per heavy atom. The van der Waals surface area contributed by atoms with Gasteiger partial charge < -0.3 is 0 Å². The van der Waals surface area contributed by atoms with E-state index in [9.17, 15) is 8.78 Å². The first-order chi connectivity index (χ1) is 7.82. The van der Waals surface area contributed by atoms with E-state index in [-0.39, 0.29) is 12.3 Å². The molecule has 0 spiro atoms. The monoisotopic (exact) mass is 242 g/mol. The van der Waals surface area contributed by atoms with Gasteiger partial charge in [-0.15, -0.1) is 0 Å². The van der Waals surface area contributed by atoms with Crippen LogP contribution in [0, 0.1) is 35.0 Å². The predicted molar refractivity (Wildman–Crippen MR) is 64.9 cm³/mol. The number of hydrogen-bond acceptors (Lipinski definition) is 0. The Bertz CT molecular complexity index is 309. The van der Waals surface area contributed by atoms with Gasteiger partial charge in [0, 0.05) is 12.3 Å². The van der Waals surface area contributed by atoms with Crippen LogP contribution in [0.25, 0.3) is 0 Å². The summed E-state index contributed by atoms with van der Waals surface area (Å²) in [5, 5.41) is 0. The maximum absolute atomic E-state index is 13.0. The highest BCUT2D eigenvalue weighted by atomic mass is 19.3. The Labute approximate surface area is 103 Å². The van der Waals surface area contributed by atoms with E-state index in [1.54, 1.807) is 0 Å². The smallest absolute Gasteiger partial charge is 0.207 e. The second kappa shape index (κ2) is 3.45. The van der Waals surface area contributed by atoms with Crippen molar-refractivity contribution in [1.29, 1.82) is 0 Å². The van der Waals surface area contributed by atoms with Crippen LogP contribution >= 0.6 is 0 Å². The van der Waals surface area contributed by atoms with E-state index in [1.807, 2.05) is 0 Å². The van der Waals surface area contributed by atoms with E-state index in [0.29, 0.717) is 11.3 Å². The van der Waals surface area contributed by atoms with E-state index >= 15 is 0 Å². The molecule has 98 valence electrons. The second-order valence-corrected chi connectivity index (χ2v) is 7.48. The van der Waals surface area contributed by atoms with Crippen molar-refractivity contribution in [1.82, 2.24) is 0 Å². The van der Waals surface area contributed by atoms with Crippen molar-refractivity contribution in [2.75, 3.05) is 0 Å². The summed E-state index contributed by atoms with van der Waals surface area (Å²) in [4.78, 5) is 0. The SMILES string of the molecule is CC1CCC1CC1C(CC2CC2(F)F)C1(C)C. The zero-order chi connectivity index (χ0) is 12.4. The number of alkyl halides is 2. The van der Waals surface area contributed by atoms with E-state index in [0.717, 1.165) is 24.2 Å². The highest BCUT2D eigenvalue weighted by Crippen LogP contribution is 2.67. The van der Waals surface area contributed by atoms with Crippen molar-refractivity contribution < 1.29 is 8.78 Å². The van der Waals surface area contributed by atoms with Gasteiger partial charge in [0.2, 0.25) is 0 Å². The van der Waals surface area contributed by atoms with Crippen LogP contribution in [0.5, 0.6) is 0 Å². The summed E-state index contributed by atoms with van der Waals surface area (Å²) in [6.45, 7) is 6.91. The van der Waals surface area contributed by atoms with E-state index in [1.165, 1.54) is 19.3 Å². The maximum atomic E-state index is 13.0. The van der Waals surface area contributed by atoms with Crippen molar-refractivity contribution in [3.63, 3.8) is 0 Å². The first-order valence-corrected chi connectivity index (χ1v) is 7.20. The molecule has 0 heterocycles. The molecule has 0 amide bonds. The number of hydrogen-bond donors (Lipinski definition) is 0. The molecule has 3 fully saturated rings. The summed E-state index contributed by atoms with van der Waals surface area (Å²) in [7, 11) is 0. The lowest BCUT2D eigenvalue weighted by Gasteiger charge is -2.34. The molecule has 0 aliphatic heterocycles. The summed E-state index contributed by atoms with van der Waals surface area (Å²) < 4.78 is 25.9. The van der Waals surface area contributed by atoms with Crippen LogP contribution < -0.4 is 0 Å². The van der Waals surface area contributed by atoms with Gasteiger partial charge in [0.25, 0.3) is 5.92 Å². The molecule has 3 rings (SSSR count). The van der Waals surface area contributed by atoms with Gasteiger partial charge in [0.1, 0.15) is 0 Å². The molecule has 0 aromatic carbocycles. The maximum Gasteiger partial charge on any atom is 0.251 e. The van der Waals surface area contributed by atoms with Crippen LogP contribution in [-0.4, -0.2) is 5.92 Å². The van der Waals surface area contributed by atoms with Gasteiger partial charge in [-0.3, -0.25) is 0 Å². The number of rotatable bonds is 4. The third kappa shape index (κ3) is 1.92. The Kier molecular flexibility index (Phi) is 2.42. The minimum Gasteiger partial charge on any atom is -0.207 e. The number of halogens is 2. The Balaban J connectivity index is 1.52. The van der Waals surface area contributed by atoms with Gasteiger partial charge in [-0.1, -0.05) is 27.2 Å². The molecular weight excluding hydrogens is 218 g/mol. The van der Waals surface area contributed by atoms with Gasteiger partial charge in [0.15, 0.2) is 0 Å². The minimum atomic E-state index is -2.31. The fourth-order valence-corrected chi connectivity index (χ4v) is 4.04. The fourth-order valence-electron chi connectivity index (χ4n) is 4.04. The zero-order valence-electron chi connectivity index (χ0n) is 11.2. The van der Waals surface area contributed by atoms with Crippen molar-refractivity contribution >= 4 is 0 Å². The molecule has 0 N–H and O–H groups in total. The molecule has 2 heteroatoms. The van der Waals surface area contributed by atoms with Gasteiger partial charge in [-0.25, -0.2) is 8.78 Å². The van der Waals surface area contributed by atoms with Crippen molar-refractivity contribution in [3.05, 3.63) is 0 Å². The molecule has 3 aliphatic carbocycles. The molecule has 17 heavy (non-hydrogen) atoms. The topological polar surface area (TPSA) is 0 Å². The molecule has 0 saturated heterocycles. The lowest BCUT2D eigenvalue weighted by atomic mass is 9.71. The quantitative estimate of drug-likeness (QED) is 0.668. The van der Waals surface area contributed by atoms with Crippen LogP contribution in [0.2, 0.25) is 0 Å². The molecule has 5 unspecified atom stereocenters. The molecule has 5 atom stereocenters. The first kappa shape index (κ1) is 11.9. The molecule has 0 bridgehead atoms. The Hall–Kier alpha value is -0.140. The minimum absolute atomic E-state index is 0.159. The third-order valence-corrected chi connectivity index (χ3v) is 6.14. The van der Waals surface area contributed by atoms with Crippen molar-refractivity contribution in [3.8, 4) is 0 Å². The molecule has 0 aromatic heterocycles. The summed E-state index contributed by atoms with van der Waals surface area (Å²) >= 11 is 0. The summed E-state index contributed by atoms with van der Waals surface area (Å²) in [6, 6.07) is 0. The highest BCUT2D eigenvalue weighted by molar-refractivity contribution is 5.10. The summed E-state index contributed by atoms with van der Waals surface area (Å²) in [5.41, 5.74) is 0.341. The van der Waals surface area contributed by atoms with Gasteiger partial charge in [-0.2, -0.15) is 0 Å². The highest BCUT2D eigenvalue weighted by Gasteiger charge is 2.64. The van der Waals surface area contributed by atoms with Crippen LogP contribution in [0.3, 0.4) is 0 Å². The first-order valence-electron chi connectivity index (χ1n) is 7.20. The lowest BCUT2D eigenvalue weighted by molar-refractivity contribution is 0.0945. The summed E-state index contributed by atoms with van der Waals surface area (Å²) in [6.07, 6.45) is 5.00. The largest absolute Gasteiger partial charge is 0.251 e. The molecular formula is C15H24F2. The standard InChI is InChI=1S/C15H24F2/c1-9-4-5-10(9)6-12-13(14(12,2)3)7-11-8-15(11,16)17/h9-13H,4-8H2,1-3H3. The summed E-state index contributed by atoms with van der Waals surface area (Å²) in [5.74, 6) is 0.488.